The van der Waals surface area contributed by atoms with E-state index in [0.29, 0.717) is 18.8 Å². The predicted molar refractivity (Wildman–Crippen MR) is 54.9 cm³/mol. The molecular formula is C11H13FO4. The molecule has 0 aliphatic heterocycles. The molecule has 0 aliphatic rings. The third-order valence-electron chi connectivity index (χ3n) is 1.99. The van der Waals surface area contributed by atoms with Gasteiger partial charge in [-0.25, -0.2) is 9.18 Å². The molecule has 0 saturated carbocycles. The quantitative estimate of drug-likeness (QED) is 0.753. The van der Waals surface area contributed by atoms with Crippen LogP contribution in [0.5, 0.6) is 0 Å². The summed E-state index contributed by atoms with van der Waals surface area (Å²) in [6.45, 7) is 0.917. The highest BCUT2D eigenvalue weighted by molar-refractivity contribution is 5.87. The van der Waals surface area contributed by atoms with Crippen molar-refractivity contribution in [2.75, 3.05) is 20.3 Å². The summed E-state index contributed by atoms with van der Waals surface area (Å²) in [5, 5.41) is 8.63. The van der Waals surface area contributed by atoms with Gasteiger partial charge in [0.25, 0.3) is 0 Å². The zero-order valence-electron chi connectivity index (χ0n) is 8.90. The molecule has 0 radical (unpaired) electrons. The van der Waals surface area contributed by atoms with Crippen LogP contribution in [0, 0.1) is 5.82 Å². The number of hydrogen-bond donors (Lipinski definition) is 1. The molecule has 5 heteroatoms. The van der Waals surface area contributed by atoms with Gasteiger partial charge in [-0.15, -0.1) is 0 Å². The van der Waals surface area contributed by atoms with Crippen LogP contribution in [-0.4, -0.2) is 31.4 Å². The maximum Gasteiger partial charge on any atom is 0.335 e. The van der Waals surface area contributed by atoms with Crippen molar-refractivity contribution in [1.82, 2.24) is 0 Å². The molecule has 0 aliphatic carbocycles. The van der Waals surface area contributed by atoms with E-state index >= 15 is 0 Å². The number of ether oxygens (including phenoxy) is 2. The Balaban J connectivity index is 2.57. The second-order valence-corrected chi connectivity index (χ2v) is 3.16. The van der Waals surface area contributed by atoms with Gasteiger partial charge in [-0.3, -0.25) is 0 Å². The number of hydrogen-bond acceptors (Lipinski definition) is 3. The topological polar surface area (TPSA) is 55.8 Å². The van der Waals surface area contributed by atoms with Gasteiger partial charge in [0.15, 0.2) is 0 Å². The van der Waals surface area contributed by atoms with Gasteiger partial charge in [0.2, 0.25) is 0 Å². The van der Waals surface area contributed by atoms with Gasteiger partial charge in [-0.2, -0.15) is 0 Å². The van der Waals surface area contributed by atoms with Gasteiger partial charge >= 0.3 is 5.97 Å². The van der Waals surface area contributed by atoms with Gasteiger partial charge in [-0.1, -0.05) is 6.07 Å². The molecule has 1 N–H and O–H groups in total. The zero-order valence-corrected chi connectivity index (χ0v) is 8.90. The summed E-state index contributed by atoms with van der Waals surface area (Å²) in [5.74, 6) is -1.72. The van der Waals surface area contributed by atoms with E-state index in [0.717, 1.165) is 6.07 Å². The third kappa shape index (κ3) is 3.60. The molecule has 4 nitrogen and oxygen atoms in total. The van der Waals surface area contributed by atoms with Crippen molar-refractivity contribution in [3.63, 3.8) is 0 Å². The Kier molecular flexibility index (Phi) is 4.88. The number of methoxy groups -OCH3 is 1. The second kappa shape index (κ2) is 6.19. The normalized spacial score (nSPS) is 10.4. The minimum Gasteiger partial charge on any atom is -0.478 e. The molecule has 0 aromatic heterocycles. The van der Waals surface area contributed by atoms with Crippen molar-refractivity contribution in [2.24, 2.45) is 0 Å². The Morgan fingerprint density at radius 2 is 2.19 bits per heavy atom. The van der Waals surface area contributed by atoms with E-state index in [1.165, 1.54) is 12.1 Å². The molecule has 0 heterocycles. The van der Waals surface area contributed by atoms with Crippen LogP contribution >= 0.6 is 0 Å². The summed E-state index contributed by atoms with van der Waals surface area (Å²) in [6.07, 6.45) is 0. The first-order chi connectivity index (χ1) is 7.65. The molecule has 1 rings (SSSR count). The fraction of sp³-hybridized carbons (Fsp3) is 0.364. The molecule has 0 spiro atoms. The molecule has 0 amide bonds. The first-order valence-corrected chi connectivity index (χ1v) is 4.73. The van der Waals surface area contributed by atoms with Crippen molar-refractivity contribution in [1.29, 1.82) is 0 Å². The molecule has 0 atom stereocenters. The third-order valence-corrected chi connectivity index (χ3v) is 1.99. The summed E-state index contributed by atoms with van der Waals surface area (Å²) in [7, 11) is 1.55. The van der Waals surface area contributed by atoms with E-state index in [-0.39, 0.29) is 12.2 Å². The average molecular weight is 228 g/mol. The molecule has 0 fully saturated rings. The molecule has 1 aromatic rings. The molecule has 0 bridgehead atoms. The Hall–Kier alpha value is -1.46. The summed E-state index contributed by atoms with van der Waals surface area (Å²) in [6, 6.07) is 3.74. The van der Waals surface area contributed by atoms with Crippen LogP contribution in [0.1, 0.15) is 15.9 Å². The Morgan fingerprint density at radius 1 is 1.44 bits per heavy atom. The fourth-order valence-electron chi connectivity index (χ4n) is 1.12. The maximum absolute atomic E-state index is 13.3. The van der Waals surface area contributed by atoms with Crippen LogP contribution in [0.15, 0.2) is 18.2 Å². The predicted octanol–water partition coefficient (Wildman–Crippen LogP) is 1.69. The van der Waals surface area contributed by atoms with Gasteiger partial charge < -0.3 is 14.6 Å². The molecule has 0 saturated heterocycles. The average Bonchev–Trinajstić information content (AvgIpc) is 2.26. The van der Waals surface area contributed by atoms with Gasteiger partial charge in [0.1, 0.15) is 5.82 Å². The lowest BCUT2D eigenvalue weighted by Gasteiger charge is -2.05. The second-order valence-electron chi connectivity index (χ2n) is 3.16. The van der Waals surface area contributed by atoms with Gasteiger partial charge in [0.05, 0.1) is 25.4 Å². The van der Waals surface area contributed by atoms with Crippen LogP contribution in [0.2, 0.25) is 0 Å². The summed E-state index contributed by atoms with van der Waals surface area (Å²) in [4.78, 5) is 10.5. The maximum atomic E-state index is 13.3. The van der Waals surface area contributed by atoms with Crippen LogP contribution in [0.3, 0.4) is 0 Å². The number of rotatable bonds is 6. The number of benzene rings is 1. The van der Waals surface area contributed by atoms with Crippen molar-refractivity contribution in [2.45, 2.75) is 6.61 Å². The van der Waals surface area contributed by atoms with Gasteiger partial charge in [0, 0.05) is 12.7 Å². The Bertz CT molecular complexity index is 365. The van der Waals surface area contributed by atoms with Crippen LogP contribution in [-0.2, 0) is 16.1 Å². The zero-order chi connectivity index (χ0) is 12.0. The summed E-state index contributed by atoms with van der Waals surface area (Å²) in [5.41, 5.74) is 0.263. The highest BCUT2D eigenvalue weighted by Crippen LogP contribution is 2.11. The largest absolute Gasteiger partial charge is 0.478 e. The van der Waals surface area contributed by atoms with Crippen molar-refractivity contribution >= 4 is 5.97 Å². The number of carbonyl (C=O) groups is 1. The number of carboxylic acids is 1. The SMILES string of the molecule is COCCOCc1ccc(C(=O)O)cc1F. The minimum absolute atomic E-state index is 0.0712. The van der Waals surface area contributed by atoms with E-state index in [2.05, 4.69) is 0 Å². The monoisotopic (exact) mass is 228 g/mol. The Labute approximate surface area is 92.6 Å². The lowest BCUT2D eigenvalue weighted by atomic mass is 10.1. The van der Waals surface area contributed by atoms with Crippen LogP contribution < -0.4 is 0 Å². The highest BCUT2D eigenvalue weighted by atomic mass is 19.1. The van der Waals surface area contributed by atoms with E-state index in [1.807, 2.05) is 0 Å². The van der Waals surface area contributed by atoms with E-state index < -0.39 is 11.8 Å². The van der Waals surface area contributed by atoms with Crippen molar-refractivity contribution in [3.8, 4) is 0 Å². The molecule has 88 valence electrons. The minimum atomic E-state index is -1.15. The van der Waals surface area contributed by atoms with Gasteiger partial charge in [-0.05, 0) is 12.1 Å². The lowest BCUT2D eigenvalue weighted by Crippen LogP contribution is -2.04. The molecule has 16 heavy (non-hydrogen) atoms. The number of carboxylic acid groups (broad SMARTS) is 1. The smallest absolute Gasteiger partial charge is 0.335 e. The summed E-state index contributed by atoms with van der Waals surface area (Å²) < 4.78 is 23.2. The Morgan fingerprint density at radius 3 is 2.75 bits per heavy atom. The molecule has 0 unspecified atom stereocenters. The van der Waals surface area contributed by atoms with Crippen LogP contribution in [0.25, 0.3) is 0 Å². The number of halogens is 1. The van der Waals surface area contributed by atoms with E-state index in [9.17, 15) is 9.18 Å². The fourth-order valence-corrected chi connectivity index (χ4v) is 1.12. The molecular weight excluding hydrogens is 215 g/mol. The van der Waals surface area contributed by atoms with E-state index in [1.54, 1.807) is 7.11 Å². The standard InChI is InChI=1S/C11H13FO4/c1-15-4-5-16-7-9-3-2-8(11(13)14)6-10(9)12/h2-3,6H,4-5,7H2,1H3,(H,13,14). The number of aromatic carboxylic acids is 1. The van der Waals surface area contributed by atoms with Crippen LogP contribution in [0.4, 0.5) is 4.39 Å². The first kappa shape index (κ1) is 12.6. The summed E-state index contributed by atoms with van der Waals surface area (Å²) >= 11 is 0. The van der Waals surface area contributed by atoms with Crippen molar-refractivity contribution in [3.05, 3.63) is 35.1 Å². The first-order valence-electron chi connectivity index (χ1n) is 4.73. The highest BCUT2D eigenvalue weighted by Gasteiger charge is 2.08. The van der Waals surface area contributed by atoms with Crippen molar-refractivity contribution < 1.29 is 23.8 Å². The lowest BCUT2D eigenvalue weighted by molar-refractivity contribution is 0.0603. The van der Waals surface area contributed by atoms with E-state index in [4.69, 9.17) is 14.6 Å². The molecule has 1 aromatic carbocycles.